The third-order valence-electron chi connectivity index (χ3n) is 5.03. The lowest BCUT2D eigenvalue weighted by molar-refractivity contribution is -0.156. The SMILES string of the molecule is O=C1C[C@@H](n2nc(-c3cccc(F)c3)n(-c3ccccc3)c2=S)[C@H]2CO[C@@H]1O2. The molecule has 3 heterocycles. The minimum absolute atomic E-state index is 0.123. The van der Waals surface area contributed by atoms with Gasteiger partial charge in [-0.15, -0.1) is 0 Å². The fourth-order valence-corrected chi connectivity index (χ4v) is 4.06. The number of ketones is 1. The van der Waals surface area contributed by atoms with E-state index in [1.165, 1.54) is 12.1 Å². The topological polar surface area (TPSA) is 58.3 Å². The molecule has 0 spiro atoms. The van der Waals surface area contributed by atoms with Crippen molar-refractivity contribution in [2.24, 2.45) is 0 Å². The lowest BCUT2D eigenvalue weighted by Crippen LogP contribution is -2.37. The minimum atomic E-state index is -0.783. The maximum atomic E-state index is 13.9. The van der Waals surface area contributed by atoms with Gasteiger partial charge in [0.15, 0.2) is 11.6 Å². The number of carbonyl (C=O) groups is 1. The lowest BCUT2D eigenvalue weighted by Gasteiger charge is -2.26. The summed E-state index contributed by atoms with van der Waals surface area (Å²) in [6.45, 7) is 0.316. The molecule has 5 rings (SSSR count). The van der Waals surface area contributed by atoms with Gasteiger partial charge in [-0.05, 0) is 36.5 Å². The van der Waals surface area contributed by atoms with Crippen molar-refractivity contribution in [2.45, 2.75) is 24.9 Å². The standard InChI is InChI=1S/C20H16FN3O3S/c21-13-6-4-5-12(9-13)18-22-24(15-10-16(25)19-26-11-17(15)27-19)20(28)23(18)14-7-2-1-3-8-14/h1-9,15,17,19H,10-11H2/t15-,17-,19-/m1/s1. The largest absolute Gasteiger partial charge is 0.343 e. The van der Waals surface area contributed by atoms with E-state index in [2.05, 4.69) is 0 Å². The Morgan fingerprint density at radius 1 is 1.14 bits per heavy atom. The summed E-state index contributed by atoms with van der Waals surface area (Å²) in [6, 6.07) is 15.3. The molecule has 1 aromatic heterocycles. The third kappa shape index (κ3) is 2.81. The summed E-state index contributed by atoms with van der Waals surface area (Å²) in [5, 5.41) is 4.69. The van der Waals surface area contributed by atoms with E-state index in [1.807, 2.05) is 30.3 Å². The Balaban J connectivity index is 1.70. The monoisotopic (exact) mass is 397 g/mol. The van der Waals surface area contributed by atoms with Crippen molar-refractivity contribution in [1.29, 1.82) is 0 Å². The highest BCUT2D eigenvalue weighted by atomic mass is 32.1. The van der Waals surface area contributed by atoms with Gasteiger partial charge in [-0.2, -0.15) is 5.10 Å². The normalized spacial score (nSPS) is 23.9. The van der Waals surface area contributed by atoms with Crippen molar-refractivity contribution in [3.63, 3.8) is 0 Å². The zero-order valence-electron chi connectivity index (χ0n) is 14.7. The molecule has 0 unspecified atom stereocenters. The number of hydrogen-bond acceptors (Lipinski definition) is 5. The molecule has 28 heavy (non-hydrogen) atoms. The van der Waals surface area contributed by atoms with Gasteiger partial charge >= 0.3 is 0 Å². The van der Waals surface area contributed by atoms with Crippen LogP contribution in [0.5, 0.6) is 0 Å². The third-order valence-corrected chi connectivity index (χ3v) is 5.40. The van der Waals surface area contributed by atoms with Crippen molar-refractivity contribution in [1.82, 2.24) is 14.3 Å². The molecule has 0 amide bonds. The summed E-state index contributed by atoms with van der Waals surface area (Å²) in [4.78, 5) is 12.2. The second-order valence-corrected chi connectivity index (χ2v) is 7.17. The van der Waals surface area contributed by atoms with Gasteiger partial charge in [0.1, 0.15) is 11.9 Å². The Morgan fingerprint density at radius 2 is 1.96 bits per heavy atom. The molecule has 8 heteroatoms. The average Bonchev–Trinajstić information content (AvgIpc) is 3.28. The Labute approximate surface area is 165 Å². The zero-order chi connectivity index (χ0) is 19.3. The highest BCUT2D eigenvalue weighted by molar-refractivity contribution is 7.71. The number of aromatic nitrogens is 3. The highest BCUT2D eigenvalue weighted by Gasteiger charge is 2.45. The molecule has 3 aromatic rings. The van der Waals surface area contributed by atoms with E-state index in [0.29, 0.717) is 22.8 Å². The summed E-state index contributed by atoms with van der Waals surface area (Å²) in [5.74, 6) is 0.0206. The smallest absolute Gasteiger partial charge is 0.218 e. The molecule has 0 N–H and O–H groups in total. The van der Waals surface area contributed by atoms with Crippen LogP contribution in [-0.2, 0) is 14.3 Å². The van der Waals surface area contributed by atoms with Gasteiger partial charge in [-0.1, -0.05) is 30.3 Å². The van der Waals surface area contributed by atoms with Crippen LogP contribution in [0.2, 0.25) is 0 Å². The summed E-state index contributed by atoms with van der Waals surface area (Å²) in [7, 11) is 0. The predicted molar refractivity (Wildman–Crippen MR) is 101 cm³/mol. The fraction of sp³-hybridized carbons (Fsp3) is 0.250. The summed E-state index contributed by atoms with van der Waals surface area (Å²) < 4.78 is 28.8. The number of hydrogen-bond donors (Lipinski definition) is 0. The van der Waals surface area contributed by atoms with Crippen LogP contribution in [0.15, 0.2) is 54.6 Å². The van der Waals surface area contributed by atoms with E-state index in [1.54, 1.807) is 21.4 Å². The summed E-state index contributed by atoms with van der Waals surface area (Å²) >= 11 is 5.72. The first-order valence-electron chi connectivity index (χ1n) is 8.94. The fourth-order valence-electron chi connectivity index (χ4n) is 3.69. The van der Waals surface area contributed by atoms with Crippen LogP contribution < -0.4 is 0 Å². The Hall–Kier alpha value is -2.68. The number of ether oxygens (including phenoxy) is 2. The second-order valence-electron chi connectivity index (χ2n) is 6.81. The number of Topliss-reactive ketones (excluding diaryl/α,β-unsaturated/α-hetero) is 1. The van der Waals surface area contributed by atoms with Gasteiger partial charge in [0, 0.05) is 17.7 Å². The van der Waals surface area contributed by atoms with Crippen LogP contribution in [-0.4, -0.2) is 39.1 Å². The molecule has 0 aliphatic carbocycles. The molecule has 6 nitrogen and oxygen atoms in total. The number of rotatable bonds is 3. The van der Waals surface area contributed by atoms with Crippen LogP contribution in [0.25, 0.3) is 17.1 Å². The molecule has 3 atom stereocenters. The first-order chi connectivity index (χ1) is 13.6. The molecule has 0 saturated carbocycles. The van der Waals surface area contributed by atoms with Gasteiger partial charge < -0.3 is 9.47 Å². The summed E-state index contributed by atoms with van der Waals surface area (Å²) in [5.41, 5.74) is 1.40. The molecular formula is C20H16FN3O3S. The minimum Gasteiger partial charge on any atom is -0.343 e. The van der Waals surface area contributed by atoms with E-state index in [4.69, 9.17) is 26.8 Å². The highest BCUT2D eigenvalue weighted by Crippen LogP contribution is 2.34. The van der Waals surface area contributed by atoms with E-state index in [9.17, 15) is 9.18 Å². The Morgan fingerprint density at radius 3 is 2.75 bits per heavy atom. The number of carbonyl (C=O) groups excluding carboxylic acids is 1. The first kappa shape index (κ1) is 17.4. The number of nitrogens with zero attached hydrogens (tertiary/aromatic N) is 3. The van der Waals surface area contributed by atoms with E-state index in [0.717, 1.165) is 5.69 Å². The number of fused-ring (bicyclic) bond motifs is 2. The first-order valence-corrected chi connectivity index (χ1v) is 9.35. The maximum Gasteiger partial charge on any atom is 0.218 e. The van der Waals surface area contributed by atoms with Crippen molar-refractivity contribution < 1.29 is 18.7 Å². The number of para-hydroxylation sites is 1. The average molecular weight is 397 g/mol. The molecule has 2 aliphatic rings. The van der Waals surface area contributed by atoms with Gasteiger partial charge in [0.2, 0.25) is 11.1 Å². The molecule has 2 fully saturated rings. The molecule has 2 saturated heterocycles. The van der Waals surface area contributed by atoms with Gasteiger partial charge in [-0.25, -0.2) is 9.07 Å². The van der Waals surface area contributed by atoms with Gasteiger partial charge in [-0.3, -0.25) is 9.36 Å². The zero-order valence-corrected chi connectivity index (χ0v) is 15.5. The van der Waals surface area contributed by atoms with Crippen LogP contribution in [0.1, 0.15) is 12.5 Å². The predicted octanol–water partition coefficient (Wildman–Crippen LogP) is 3.46. The van der Waals surface area contributed by atoms with Crippen molar-refractivity contribution >= 4 is 18.0 Å². The van der Waals surface area contributed by atoms with Crippen LogP contribution >= 0.6 is 12.2 Å². The Bertz CT molecular complexity index is 1110. The Kier molecular flexibility index (Phi) is 4.19. The van der Waals surface area contributed by atoms with E-state index >= 15 is 0 Å². The molecule has 0 radical (unpaired) electrons. The molecular weight excluding hydrogens is 381 g/mol. The van der Waals surface area contributed by atoms with E-state index < -0.39 is 6.29 Å². The van der Waals surface area contributed by atoms with Crippen LogP contribution in [0, 0.1) is 10.6 Å². The van der Waals surface area contributed by atoms with Crippen molar-refractivity contribution in [3.05, 3.63) is 65.2 Å². The number of benzene rings is 2. The van der Waals surface area contributed by atoms with Crippen LogP contribution in [0.4, 0.5) is 4.39 Å². The van der Waals surface area contributed by atoms with Crippen molar-refractivity contribution in [3.8, 4) is 17.1 Å². The van der Waals surface area contributed by atoms with Crippen molar-refractivity contribution in [2.75, 3.05) is 6.61 Å². The van der Waals surface area contributed by atoms with E-state index in [-0.39, 0.29) is 30.2 Å². The second kappa shape index (κ2) is 6.73. The summed E-state index contributed by atoms with van der Waals surface area (Å²) in [6.07, 6.45) is -0.846. The maximum absolute atomic E-state index is 13.9. The lowest BCUT2D eigenvalue weighted by atomic mass is 10.0. The molecule has 2 aliphatic heterocycles. The quantitative estimate of drug-likeness (QED) is 0.634. The molecule has 2 bridgehead atoms. The molecule has 2 aromatic carbocycles. The van der Waals surface area contributed by atoms with Gasteiger partial charge in [0.25, 0.3) is 0 Å². The number of halogens is 1. The molecule has 142 valence electrons. The van der Waals surface area contributed by atoms with Crippen LogP contribution in [0.3, 0.4) is 0 Å². The van der Waals surface area contributed by atoms with Gasteiger partial charge in [0.05, 0.1) is 12.6 Å².